The third kappa shape index (κ3) is 6.07. The lowest BCUT2D eigenvalue weighted by Crippen LogP contribution is -2.14. The molecule has 0 bridgehead atoms. The van der Waals surface area contributed by atoms with E-state index in [1.54, 1.807) is 30.5 Å². The van der Waals surface area contributed by atoms with E-state index in [-0.39, 0.29) is 22.3 Å². The third-order valence-corrected chi connectivity index (χ3v) is 6.42. The van der Waals surface area contributed by atoms with Gasteiger partial charge in [-0.2, -0.15) is 13.2 Å². The molecular weight excluding hydrogens is 555 g/mol. The summed E-state index contributed by atoms with van der Waals surface area (Å²) >= 11 is 6.47. The van der Waals surface area contributed by atoms with Crippen molar-refractivity contribution < 1.29 is 22.8 Å². The Morgan fingerprint density at radius 2 is 1.73 bits per heavy atom. The largest absolute Gasteiger partial charge is 0.416 e. The Kier molecular flexibility index (Phi) is 7.50. The van der Waals surface area contributed by atoms with Crippen LogP contribution in [-0.4, -0.2) is 26.8 Å². The fourth-order valence-electron chi connectivity index (χ4n) is 4.19. The van der Waals surface area contributed by atoms with E-state index < -0.39 is 17.6 Å². The lowest BCUT2D eigenvalue weighted by atomic mass is 9.95. The first-order valence-corrected chi connectivity index (χ1v) is 12.4. The normalized spacial score (nSPS) is 11.2. The van der Waals surface area contributed by atoms with Crippen LogP contribution in [-0.2, 0) is 11.0 Å². The fraction of sp³-hybridized carbons (Fsp3) is 0.0333. The van der Waals surface area contributed by atoms with Crippen LogP contribution in [0.4, 0.5) is 24.7 Å². The van der Waals surface area contributed by atoms with Crippen LogP contribution in [0.3, 0.4) is 0 Å². The number of carbonyl (C=O) groups excluding carboxylic acids is 2. The van der Waals surface area contributed by atoms with Crippen molar-refractivity contribution in [3.8, 4) is 22.3 Å². The van der Waals surface area contributed by atoms with Crippen molar-refractivity contribution in [1.82, 2.24) is 15.0 Å². The number of benzene rings is 3. The van der Waals surface area contributed by atoms with Crippen LogP contribution in [0, 0.1) is 0 Å². The molecule has 0 fully saturated rings. The summed E-state index contributed by atoms with van der Waals surface area (Å²) in [4.78, 5) is 37.0. The standard InChI is InChI=1S/C30H19ClF3N5O2/c1-2-27(40)38-22-5-3-4-18(11-22)24-12-19(10-20-15-35-16-37-28(20)24)17-6-7-23(25(31)13-17)29(41)39-26-14-21(8-9-36-26)30(32,33)34/h2-16H,1H2,(H,38,40)(H,36,39,41). The Bertz CT molecular complexity index is 1820. The van der Waals surface area contributed by atoms with Gasteiger partial charge in [-0.25, -0.2) is 15.0 Å². The molecule has 0 aliphatic heterocycles. The molecule has 3 aromatic carbocycles. The van der Waals surface area contributed by atoms with Gasteiger partial charge in [0.25, 0.3) is 5.91 Å². The summed E-state index contributed by atoms with van der Waals surface area (Å²) < 4.78 is 39.1. The number of anilines is 2. The highest BCUT2D eigenvalue weighted by molar-refractivity contribution is 6.34. The molecule has 2 amide bonds. The number of amides is 2. The first-order chi connectivity index (χ1) is 19.6. The van der Waals surface area contributed by atoms with Crippen LogP contribution in [0.1, 0.15) is 15.9 Å². The van der Waals surface area contributed by atoms with Gasteiger partial charge in [-0.3, -0.25) is 9.59 Å². The van der Waals surface area contributed by atoms with Gasteiger partial charge in [-0.15, -0.1) is 0 Å². The molecule has 2 N–H and O–H groups in total. The van der Waals surface area contributed by atoms with Gasteiger partial charge in [0.2, 0.25) is 5.91 Å². The molecule has 0 aliphatic carbocycles. The van der Waals surface area contributed by atoms with Crippen molar-refractivity contribution in [3.63, 3.8) is 0 Å². The second-order valence-electron chi connectivity index (χ2n) is 8.83. The maximum Gasteiger partial charge on any atom is 0.416 e. The van der Waals surface area contributed by atoms with Crippen molar-refractivity contribution in [2.24, 2.45) is 0 Å². The van der Waals surface area contributed by atoms with Crippen LogP contribution in [0.25, 0.3) is 33.2 Å². The minimum Gasteiger partial charge on any atom is -0.323 e. The van der Waals surface area contributed by atoms with E-state index in [1.807, 2.05) is 24.3 Å². The van der Waals surface area contributed by atoms with Crippen molar-refractivity contribution in [2.75, 3.05) is 10.6 Å². The van der Waals surface area contributed by atoms with Gasteiger partial charge in [0, 0.05) is 29.0 Å². The van der Waals surface area contributed by atoms with Crippen LogP contribution < -0.4 is 10.6 Å². The summed E-state index contributed by atoms with van der Waals surface area (Å²) in [7, 11) is 0. The average Bonchev–Trinajstić information content (AvgIpc) is 2.96. The van der Waals surface area contributed by atoms with Gasteiger partial charge in [-0.05, 0) is 71.3 Å². The molecule has 5 rings (SSSR count). The number of nitrogens with zero attached hydrogens (tertiary/aromatic N) is 3. The molecule has 0 aliphatic rings. The molecule has 0 saturated carbocycles. The van der Waals surface area contributed by atoms with E-state index in [0.717, 1.165) is 40.4 Å². The highest BCUT2D eigenvalue weighted by Crippen LogP contribution is 2.35. The Labute approximate surface area is 236 Å². The highest BCUT2D eigenvalue weighted by atomic mass is 35.5. The topological polar surface area (TPSA) is 96.9 Å². The number of fused-ring (bicyclic) bond motifs is 1. The van der Waals surface area contributed by atoms with Gasteiger partial charge in [0.15, 0.2) is 0 Å². The van der Waals surface area contributed by atoms with E-state index in [1.165, 1.54) is 18.5 Å². The van der Waals surface area contributed by atoms with Gasteiger partial charge in [-0.1, -0.05) is 36.4 Å². The number of alkyl halides is 3. The van der Waals surface area contributed by atoms with Crippen LogP contribution in [0.2, 0.25) is 5.02 Å². The third-order valence-electron chi connectivity index (χ3n) is 6.11. The molecular formula is C30H19ClF3N5O2. The number of aromatic nitrogens is 3. The number of carbonyl (C=O) groups is 2. The Hall–Kier alpha value is -5.09. The summed E-state index contributed by atoms with van der Waals surface area (Å²) in [5.74, 6) is -1.30. The van der Waals surface area contributed by atoms with Crippen molar-refractivity contribution in [3.05, 3.63) is 114 Å². The molecule has 0 saturated heterocycles. The van der Waals surface area contributed by atoms with E-state index in [9.17, 15) is 22.8 Å². The molecule has 11 heteroatoms. The number of nitrogens with one attached hydrogen (secondary N) is 2. The minimum atomic E-state index is -4.58. The molecule has 41 heavy (non-hydrogen) atoms. The highest BCUT2D eigenvalue weighted by Gasteiger charge is 2.31. The number of pyridine rings is 1. The van der Waals surface area contributed by atoms with Gasteiger partial charge >= 0.3 is 6.18 Å². The molecule has 5 aromatic rings. The maximum atomic E-state index is 13.0. The van der Waals surface area contributed by atoms with Gasteiger partial charge in [0.1, 0.15) is 12.1 Å². The summed E-state index contributed by atoms with van der Waals surface area (Å²) in [5, 5.41) is 5.94. The summed E-state index contributed by atoms with van der Waals surface area (Å²) in [5.41, 5.74) is 3.36. The summed E-state index contributed by atoms with van der Waals surface area (Å²) in [6.45, 7) is 3.47. The molecule has 0 spiro atoms. The molecule has 2 aromatic heterocycles. The Morgan fingerprint density at radius 1 is 0.902 bits per heavy atom. The predicted molar refractivity (Wildman–Crippen MR) is 151 cm³/mol. The van der Waals surface area contributed by atoms with Crippen LogP contribution in [0.5, 0.6) is 0 Å². The zero-order valence-electron chi connectivity index (χ0n) is 21.0. The van der Waals surface area contributed by atoms with E-state index in [0.29, 0.717) is 16.8 Å². The average molecular weight is 574 g/mol. The van der Waals surface area contributed by atoms with Gasteiger partial charge in [0.05, 0.1) is 21.7 Å². The zero-order chi connectivity index (χ0) is 29.1. The molecule has 204 valence electrons. The number of rotatable bonds is 6. The molecule has 0 atom stereocenters. The number of hydrogen-bond acceptors (Lipinski definition) is 5. The fourth-order valence-corrected chi connectivity index (χ4v) is 4.45. The van der Waals surface area contributed by atoms with E-state index in [4.69, 9.17) is 11.6 Å². The molecule has 2 heterocycles. The van der Waals surface area contributed by atoms with Gasteiger partial charge < -0.3 is 10.6 Å². The number of halogens is 4. The van der Waals surface area contributed by atoms with Crippen molar-refractivity contribution in [2.45, 2.75) is 6.18 Å². The first-order valence-electron chi connectivity index (χ1n) is 12.0. The molecule has 0 radical (unpaired) electrons. The van der Waals surface area contributed by atoms with Crippen LogP contribution >= 0.6 is 11.6 Å². The summed E-state index contributed by atoms with van der Waals surface area (Å²) in [6.07, 6.45) is 0.682. The number of hydrogen-bond donors (Lipinski definition) is 2. The summed E-state index contributed by atoms with van der Waals surface area (Å²) in [6, 6.07) is 17.3. The van der Waals surface area contributed by atoms with Crippen molar-refractivity contribution in [1.29, 1.82) is 0 Å². The second-order valence-corrected chi connectivity index (χ2v) is 9.24. The molecule has 0 unspecified atom stereocenters. The molecule has 7 nitrogen and oxygen atoms in total. The monoisotopic (exact) mass is 573 g/mol. The lowest BCUT2D eigenvalue weighted by Gasteiger charge is -2.13. The zero-order valence-corrected chi connectivity index (χ0v) is 21.8. The minimum absolute atomic E-state index is 0.0598. The first kappa shape index (κ1) is 27.5. The Morgan fingerprint density at radius 3 is 2.49 bits per heavy atom. The van der Waals surface area contributed by atoms with Crippen molar-refractivity contribution >= 4 is 45.8 Å². The van der Waals surface area contributed by atoms with E-state index >= 15 is 0 Å². The van der Waals surface area contributed by atoms with Crippen LogP contribution in [0.15, 0.2) is 98.1 Å². The van der Waals surface area contributed by atoms with E-state index in [2.05, 4.69) is 32.2 Å². The lowest BCUT2D eigenvalue weighted by molar-refractivity contribution is -0.137. The quantitative estimate of drug-likeness (QED) is 0.206. The smallest absolute Gasteiger partial charge is 0.323 e. The SMILES string of the molecule is C=CC(=O)Nc1cccc(-c2cc(-c3ccc(C(=O)Nc4cc(C(F)(F)F)ccn4)c(Cl)c3)cc3cncnc23)c1. The second kappa shape index (κ2) is 11.2. The predicted octanol–water partition coefficient (Wildman–Crippen LogP) is 7.41. The maximum absolute atomic E-state index is 13.0. The Balaban J connectivity index is 1.49.